The molecule has 2 fully saturated rings. The Labute approximate surface area is 86.8 Å². The van der Waals surface area contributed by atoms with E-state index in [4.69, 9.17) is 4.74 Å². The predicted octanol–water partition coefficient (Wildman–Crippen LogP) is 0.849. The van der Waals surface area contributed by atoms with Gasteiger partial charge in [0.25, 0.3) is 0 Å². The van der Waals surface area contributed by atoms with Crippen molar-refractivity contribution in [1.82, 2.24) is 10.2 Å². The standard InChI is InChI=1S/C11H22N2O/c1-13-6-4-10(5-7-13)12-11-3-2-8-14-9-11/h10-12H,2-9H2,1H3/t11-/m1/s1. The monoisotopic (exact) mass is 198 g/mol. The molecule has 0 aromatic carbocycles. The minimum Gasteiger partial charge on any atom is -0.380 e. The van der Waals surface area contributed by atoms with E-state index in [-0.39, 0.29) is 0 Å². The maximum Gasteiger partial charge on any atom is 0.0619 e. The molecule has 2 aliphatic heterocycles. The van der Waals surface area contributed by atoms with Crippen molar-refractivity contribution in [2.75, 3.05) is 33.4 Å². The maximum atomic E-state index is 5.47. The normalized spacial score (nSPS) is 31.9. The smallest absolute Gasteiger partial charge is 0.0619 e. The summed E-state index contributed by atoms with van der Waals surface area (Å²) in [5.41, 5.74) is 0. The lowest BCUT2D eigenvalue weighted by Crippen LogP contribution is -2.47. The second-order valence-electron chi connectivity index (χ2n) is 4.66. The van der Waals surface area contributed by atoms with Crippen molar-refractivity contribution >= 4 is 0 Å². The van der Waals surface area contributed by atoms with Gasteiger partial charge in [-0.1, -0.05) is 0 Å². The van der Waals surface area contributed by atoms with Crippen LogP contribution in [0.3, 0.4) is 0 Å². The molecular weight excluding hydrogens is 176 g/mol. The summed E-state index contributed by atoms with van der Waals surface area (Å²) in [4.78, 5) is 2.41. The summed E-state index contributed by atoms with van der Waals surface area (Å²) in [6.07, 6.45) is 5.12. The number of likely N-dealkylation sites (tertiary alicyclic amines) is 1. The number of ether oxygens (including phenoxy) is 1. The summed E-state index contributed by atoms with van der Waals surface area (Å²) in [5.74, 6) is 0. The first-order chi connectivity index (χ1) is 6.84. The highest BCUT2D eigenvalue weighted by Crippen LogP contribution is 2.12. The average Bonchev–Trinajstić information content (AvgIpc) is 2.23. The van der Waals surface area contributed by atoms with E-state index in [0.29, 0.717) is 6.04 Å². The minimum absolute atomic E-state index is 0.622. The Morgan fingerprint density at radius 1 is 1.14 bits per heavy atom. The highest BCUT2D eigenvalue weighted by atomic mass is 16.5. The number of hydrogen-bond donors (Lipinski definition) is 1. The van der Waals surface area contributed by atoms with Crippen LogP contribution < -0.4 is 5.32 Å². The minimum atomic E-state index is 0.622. The van der Waals surface area contributed by atoms with Crippen LogP contribution in [0.5, 0.6) is 0 Å². The van der Waals surface area contributed by atoms with Crippen molar-refractivity contribution < 1.29 is 4.74 Å². The number of nitrogens with one attached hydrogen (secondary N) is 1. The molecule has 2 rings (SSSR count). The molecule has 1 N–H and O–H groups in total. The fourth-order valence-corrected chi connectivity index (χ4v) is 2.38. The van der Waals surface area contributed by atoms with Crippen molar-refractivity contribution in [3.05, 3.63) is 0 Å². The van der Waals surface area contributed by atoms with E-state index in [9.17, 15) is 0 Å². The zero-order valence-corrected chi connectivity index (χ0v) is 9.17. The van der Waals surface area contributed by atoms with Gasteiger partial charge >= 0.3 is 0 Å². The lowest BCUT2D eigenvalue weighted by Gasteiger charge is -2.33. The fraction of sp³-hybridized carbons (Fsp3) is 1.00. The SMILES string of the molecule is CN1CCC(N[C@@H]2CCCOC2)CC1. The molecule has 1 atom stereocenters. The van der Waals surface area contributed by atoms with Crippen LogP contribution in [0.15, 0.2) is 0 Å². The summed E-state index contributed by atoms with van der Waals surface area (Å²) < 4.78 is 5.47. The molecule has 2 saturated heterocycles. The first-order valence-corrected chi connectivity index (χ1v) is 5.87. The largest absolute Gasteiger partial charge is 0.380 e. The second-order valence-corrected chi connectivity index (χ2v) is 4.66. The topological polar surface area (TPSA) is 24.5 Å². The van der Waals surface area contributed by atoms with Gasteiger partial charge in [0.2, 0.25) is 0 Å². The summed E-state index contributed by atoms with van der Waals surface area (Å²) in [5, 5.41) is 3.73. The van der Waals surface area contributed by atoms with Gasteiger partial charge in [-0.25, -0.2) is 0 Å². The van der Waals surface area contributed by atoms with Crippen LogP contribution in [-0.2, 0) is 4.74 Å². The van der Waals surface area contributed by atoms with Crippen molar-refractivity contribution in [2.45, 2.75) is 37.8 Å². The Kier molecular flexibility index (Phi) is 3.79. The quantitative estimate of drug-likeness (QED) is 0.712. The fourth-order valence-electron chi connectivity index (χ4n) is 2.38. The van der Waals surface area contributed by atoms with Gasteiger partial charge in [0.05, 0.1) is 6.61 Å². The third-order valence-electron chi connectivity index (χ3n) is 3.35. The van der Waals surface area contributed by atoms with Crippen LogP contribution in [0.4, 0.5) is 0 Å². The van der Waals surface area contributed by atoms with Gasteiger partial charge in [-0.15, -0.1) is 0 Å². The number of hydrogen-bond acceptors (Lipinski definition) is 3. The van der Waals surface area contributed by atoms with Gasteiger partial charge in [0.1, 0.15) is 0 Å². The lowest BCUT2D eigenvalue weighted by molar-refractivity contribution is 0.0623. The van der Waals surface area contributed by atoms with E-state index < -0.39 is 0 Å². The van der Waals surface area contributed by atoms with Crippen molar-refractivity contribution in [1.29, 1.82) is 0 Å². The Balaban J connectivity index is 1.68. The molecule has 0 amide bonds. The van der Waals surface area contributed by atoms with Gasteiger partial charge in [-0.2, -0.15) is 0 Å². The molecule has 14 heavy (non-hydrogen) atoms. The van der Waals surface area contributed by atoms with Crippen LogP contribution in [-0.4, -0.2) is 50.3 Å². The molecular formula is C11H22N2O. The zero-order chi connectivity index (χ0) is 9.80. The van der Waals surface area contributed by atoms with E-state index in [1.807, 2.05) is 0 Å². The van der Waals surface area contributed by atoms with E-state index in [0.717, 1.165) is 19.3 Å². The molecule has 82 valence electrons. The van der Waals surface area contributed by atoms with E-state index in [2.05, 4.69) is 17.3 Å². The van der Waals surface area contributed by atoms with Crippen LogP contribution in [0.25, 0.3) is 0 Å². The van der Waals surface area contributed by atoms with Gasteiger partial charge in [0, 0.05) is 18.7 Å². The summed E-state index contributed by atoms with van der Waals surface area (Å²) in [6, 6.07) is 1.36. The molecule has 0 spiro atoms. The molecule has 3 heteroatoms. The highest BCUT2D eigenvalue weighted by molar-refractivity contribution is 4.80. The Hall–Kier alpha value is -0.120. The van der Waals surface area contributed by atoms with Crippen molar-refractivity contribution in [2.24, 2.45) is 0 Å². The summed E-state index contributed by atoms with van der Waals surface area (Å²) >= 11 is 0. The lowest BCUT2D eigenvalue weighted by atomic mass is 10.0. The van der Waals surface area contributed by atoms with Crippen molar-refractivity contribution in [3.8, 4) is 0 Å². The van der Waals surface area contributed by atoms with Gasteiger partial charge in [-0.05, 0) is 45.8 Å². The summed E-state index contributed by atoms with van der Waals surface area (Å²) in [7, 11) is 2.21. The van der Waals surface area contributed by atoms with Gasteiger partial charge < -0.3 is 15.0 Å². The Bertz CT molecular complexity index is 161. The number of rotatable bonds is 2. The first-order valence-electron chi connectivity index (χ1n) is 5.87. The Morgan fingerprint density at radius 2 is 1.93 bits per heavy atom. The van der Waals surface area contributed by atoms with Gasteiger partial charge in [-0.3, -0.25) is 0 Å². The molecule has 0 aromatic rings. The predicted molar refractivity (Wildman–Crippen MR) is 57.5 cm³/mol. The van der Waals surface area contributed by atoms with E-state index in [1.54, 1.807) is 0 Å². The second kappa shape index (κ2) is 5.10. The summed E-state index contributed by atoms with van der Waals surface area (Å²) in [6.45, 7) is 4.37. The molecule has 2 aliphatic rings. The highest BCUT2D eigenvalue weighted by Gasteiger charge is 2.21. The third kappa shape index (κ3) is 2.94. The van der Waals surface area contributed by atoms with Crippen LogP contribution in [0.1, 0.15) is 25.7 Å². The maximum absolute atomic E-state index is 5.47. The van der Waals surface area contributed by atoms with Crippen LogP contribution >= 0.6 is 0 Å². The molecule has 0 bridgehead atoms. The molecule has 2 heterocycles. The average molecular weight is 198 g/mol. The number of nitrogens with zero attached hydrogens (tertiary/aromatic N) is 1. The molecule has 0 aliphatic carbocycles. The molecule has 0 radical (unpaired) electrons. The molecule has 0 saturated carbocycles. The van der Waals surface area contributed by atoms with Crippen LogP contribution in [0.2, 0.25) is 0 Å². The van der Waals surface area contributed by atoms with Crippen molar-refractivity contribution in [3.63, 3.8) is 0 Å². The zero-order valence-electron chi connectivity index (χ0n) is 9.17. The number of piperidine rings is 1. The van der Waals surface area contributed by atoms with E-state index in [1.165, 1.54) is 38.8 Å². The molecule has 3 nitrogen and oxygen atoms in total. The Morgan fingerprint density at radius 3 is 2.57 bits per heavy atom. The first kappa shape index (κ1) is 10.4. The van der Waals surface area contributed by atoms with Gasteiger partial charge in [0.15, 0.2) is 0 Å². The van der Waals surface area contributed by atoms with E-state index >= 15 is 0 Å². The molecule has 0 aromatic heterocycles. The molecule has 0 unspecified atom stereocenters. The van der Waals surface area contributed by atoms with Crippen LogP contribution in [0, 0.1) is 0 Å². The third-order valence-corrected chi connectivity index (χ3v) is 3.35.